The fourth-order valence-corrected chi connectivity index (χ4v) is 3.23. The fourth-order valence-electron chi connectivity index (χ4n) is 2.90. The van der Waals surface area contributed by atoms with Gasteiger partial charge in [-0.05, 0) is 30.7 Å². The topological polar surface area (TPSA) is 80.6 Å². The summed E-state index contributed by atoms with van der Waals surface area (Å²) in [6.07, 6.45) is 0. The summed E-state index contributed by atoms with van der Waals surface area (Å²) in [5.74, 6) is -2.00. The van der Waals surface area contributed by atoms with Crippen LogP contribution in [0.3, 0.4) is 0 Å². The second kappa shape index (κ2) is 9.01. The maximum absolute atomic E-state index is 13.2. The number of fused-ring (bicyclic) bond motifs is 1. The van der Waals surface area contributed by atoms with Gasteiger partial charge in [0.15, 0.2) is 0 Å². The van der Waals surface area contributed by atoms with Crippen molar-refractivity contribution in [1.82, 2.24) is 9.88 Å². The summed E-state index contributed by atoms with van der Waals surface area (Å²) >= 11 is 6.02. The predicted molar refractivity (Wildman–Crippen MR) is 99.7 cm³/mol. The molecule has 8 heteroatoms. The molecule has 1 aliphatic heterocycles. The van der Waals surface area contributed by atoms with Crippen LogP contribution in [0.1, 0.15) is 58.9 Å². The Hall–Kier alpha value is -2.38. The van der Waals surface area contributed by atoms with Crippen LogP contribution in [0.4, 0.5) is 4.39 Å². The van der Waals surface area contributed by atoms with Gasteiger partial charge in [0.1, 0.15) is 11.5 Å². The van der Waals surface area contributed by atoms with E-state index in [0.717, 1.165) is 0 Å². The molecular formula is C19H22ClFN2O4. The molecule has 146 valence electrons. The van der Waals surface area contributed by atoms with Crippen molar-refractivity contribution >= 4 is 23.5 Å². The van der Waals surface area contributed by atoms with Crippen LogP contribution in [-0.2, 0) is 17.9 Å². The monoisotopic (exact) mass is 396 g/mol. The van der Waals surface area contributed by atoms with Gasteiger partial charge < -0.3 is 19.7 Å². The Morgan fingerprint density at radius 3 is 2.67 bits per heavy atom. The van der Waals surface area contributed by atoms with Gasteiger partial charge in [-0.1, -0.05) is 31.5 Å². The van der Waals surface area contributed by atoms with Crippen molar-refractivity contribution in [2.45, 2.75) is 40.0 Å². The number of aromatic nitrogens is 1. The van der Waals surface area contributed by atoms with Crippen LogP contribution in [0.2, 0.25) is 5.02 Å². The first kappa shape index (κ1) is 20.9. The minimum Gasteiger partial charge on any atom is -0.477 e. The van der Waals surface area contributed by atoms with Gasteiger partial charge in [-0.3, -0.25) is 4.79 Å². The van der Waals surface area contributed by atoms with Crippen LogP contribution < -0.4 is 5.32 Å². The number of carboxylic acids is 1. The summed E-state index contributed by atoms with van der Waals surface area (Å²) in [4.78, 5) is 24.0. The van der Waals surface area contributed by atoms with Crippen molar-refractivity contribution < 1.29 is 23.8 Å². The first-order valence-corrected chi connectivity index (χ1v) is 9.05. The first-order chi connectivity index (χ1) is 12.9. The molecule has 27 heavy (non-hydrogen) atoms. The average molecular weight is 397 g/mol. The summed E-state index contributed by atoms with van der Waals surface area (Å²) in [5.41, 5.74) is 1.40. The molecule has 0 bridgehead atoms. The molecule has 1 amide bonds. The number of aromatic carboxylic acids is 1. The quantitative estimate of drug-likeness (QED) is 0.817. The lowest BCUT2D eigenvalue weighted by molar-refractivity contribution is 0.0642. The smallest absolute Gasteiger partial charge is 0.352 e. The number of rotatable bonds is 4. The van der Waals surface area contributed by atoms with Crippen LogP contribution in [0.15, 0.2) is 24.3 Å². The van der Waals surface area contributed by atoms with Crippen LogP contribution in [0.5, 0.6) is 0 Å². The maximum atomic E-state index is 13.2. The largest absolute Gasteiger partial charge is 0.477 e. The number of carbonyl (C=O) groups excluding carboxylic acids is 1. The molecule has 1 aromatic carbocycles. The lowest BCUT2D eigenvalue weighted by Gasteiger charge is -2.19. The summed E-state index contributed by atoms with van der Waals surface area (Å²) in [5, 5.41) is 12.3. The number of benzene rings is 1. The average Bonchev–Trinajstić information content (AvgIpc) is 3.03. The number of carbonyl (C=O) groups is 2. The number of hydrogen-bond donors (Lipinski definition) is 2. The van der Waals surface area contributed by atoms with E-state index in [9.17, 15) is 19.1 Å². The highest BCUT2D eigenvalue weighted by molar-refractivity contribution is 6.31. The number of nitrogens with zero attached hydrogens (tertiary/aromatic N) is 1. The summed E-state index contributed by atoms with van der Waals surface area (Å²) in [6, 6.07) is 4.81. The number of halogens is 2. The van der Waals surface area contributed by atoms with Crippen molar-refractivity contribution in [2.24, 2.45) is 0 Å². The highest BCUT2D eigenvalue weighted by Crippen LogP contribution is 2.25. The molecule has 1 aliphatic rings. The summed E-state index contributed by atoms with van der Waals surface area (Å²) in [6.45, 7) is 6.66. The van der Waals surface area contributed by atoms with Gasteiger partial charge in [-0.15, -0.1) is 0 Å². The summed E-state index contributed by atoms with van der Waals surface area (Å²) < 4.78 is 20.1. The van der Waals surface area contributed by atoms with Crippen molar-refractivity contribution in [3.8, 4) is 0 Å². The Labute approximate surface area is 161 Å². The maximum Gasteiger partial charge on any atom is 0.352 e. The molecule has 0 saturated carbocycles. The molecule has 0 saturated heterocycles. The highest BCUT2D eigenvalue weighted by Gasteiger charge is 2.26. The molecule has 1 atom stereocenters. The van der Waals surface area contributed by atoms with Gasteiger partial charge in [0, 0.05) is 11.6 Å². The molecular weight excluding hydrogens is 375 g/mol. The van der Waals surface area contributed by atoms with E-state index >= 15 is 0 Å². The van der Waals surface area contributed by atoms with Crippen molar-refractivity contribution in [3.05, 3.63) is 57.6 Å². The SMILES string of the molecule is CC.C[C@@H](NC(=O)c1cc(C(=O)O)n2c1COCC2)c1ccc(F)cc1Cl. The molecule has 1 aromatic heterocycles. The lowest BCUT2D eigenvalue weighted by atomic mass is 10.1. The second-order valence-electron chi connectivity index (χ2n) is 5.76. The molecule has 0 radical (unpaired) electrons. The molecule has 3 rings (SSSR count). The molecule has 2 N–H and O–H groups in total. The normalized spacial score (nSPS) is 13.8. The summed E-state index contributed by atoms with van der Waals surface area (Å²) in [7, 11) is 0. The first-order valence-electron chi connectivity index (χ1n) is 8.67. The highest BCUT2D eigenvalue weighted by atomic mass is 35.5. The van der Waals surface area contributed by atoms with E-state index in [4.69, 9.17) is 16.3 Å². The van der Waals surface area contributed by atoms with Gasteiger partial charge in [0.25, 0.3) is 5.91 Å². The Morgan fingerprint density at radius 1 is 1.33 bits per heavy atom. The van der Waals surface area contributed by atoms with Crippen LogP contribution >= 0.6 is 11.6 Å². The van der Waals surface area contributed by atoms with E-state index in [2.05, 4.69) is 5.32 Å². The molecule has 0 fully saturated rings. The Kier molecular flexibility index (Phi) is 6.98. The van der Waals surface area contributed by atoms with E-state index in [1.165, 1.54) is 24.3 Å². The molecule has 0 unspecified atom stereocenters. The van der Waals surface area contributed by atoms with E-state index in [1.807, 2.05) is 13.8 Å². The van der Waals surface area contributed by atoms with Crippen LogP contribution in [0, 0.1) is 5.82 Å². The van der Waals surface area contributed by atoms with Gasteiger partial charge in [0.2, 0.25) is 0 Å². The Balaban J connectivity index is 0.00000126. The minimum atomic E-state index is -1.10. The van der Waals surface area contributed by atoms with Crippen molar-refractivity contribution in [3.63, 3.8) is 0 Å². The third-order valence-electron chi connectivity index (χ3n) is 4.15. The second-order valence-corrected chi connectivity index (χ2v) is 6.17. The third-order valence-corrected chi connectivity index (χ3v) is 4.47. The minimum absolute atomic E-state index is 0.0518. The zero-order chi connectivity index (χ0) is 20.1. The van der Waals surface area contributed by atoms with Crippen molar-refractivity contribution in [2.75, 3.05) is 6.61 Å². The van der Waals surface area contributed by atoms with Gasteiger partial charge in [-0.25, -0.2) is 9.18 Å². The predicted octanol–water partition coefficient (Wildman–Crippen LogP) is 4.03. The zero-order valence-corrected chi connectivity index (χ0v) is 16.1. The van der Waals surface area contributed by atoms with Crippen molar-refractivity contribution in [1.29, 1.82) is 0 Å². The van der Waals surface area contributed by atoms with Gasteiger partial charge in [-0.2, -0.15) is 0 Å². The van der Waals surface area contributed by atoms with Crippen LogP contribution in [0.25, 0.3) is 0 Å². The number of amides is 1. The number of hydrogen-bond acceptors (Lipinski definition) is 3. The number of ether oxygens (including phenoxy) is 1. The Morgan fingerprint density at radius 2 is 2.04 bits per heavy atom. The molecule has 2 heterocycles. The standard InChI is InChI=1S/C17H16ClFN2O4.C2H6/c1-9(11-3-2-10(19)6-13(11)18)20-16(22)12-7-14(17(23)24)21-4-5-25-8-15(12)21;1-2/h2-3,6-7,9H,4-5,8H2,1H3,(H,20,22)(H,23,24);1-2H3/t9-;/m1./s1. The van der Waals surface area contributed by atoms with E-state index in [0.29, 0.717) is 24.4 Å². The molecule has 0 aliphatic carbocycles. The zero-order valence-electron chi connectivity index (χ0n) is 15.4. The Bertz CT molecular complexity index is 850. The van der Waals surface area contributed by atoms with Gasteiger partial charge in [0.05, 0.1) is 30.5 Å². The number of nitrogens with one attached hydrogen (secondary N) is 1. The molecule has 2 aromatic rings. The van der Waals surface area contributed by atoms with E-state index in [-0.39, 0.29) is 22.9 Å². The van der Waals surface area contributed by atoms with Crippen LogP contribution in [-0.4, -0.2) is 28.2 Å². The number of carboxylic acid groups (broad SMARTS) is 1. The fraction of sp³-hybridized carbons (Fsp3) is 0.368. The van der Waals surface area contributed by atoms with Gasteiger partial charge >= 0.3 is 5.97 Å². The van der Waals surface area contributed by atoms with E-state index < -0.39 is 23.7 Å². The third kappa shape index (κ3) is 4.48. The molecule has 6 nitrogen and oxygen atoms in total. The lowest BCUT2D eigenvalue weighted by Crippen LogP contribution is -2.28. The molecule has 0 spiro atoms. The van der Waals surface area contributed by atoms with E-state index in [1.54, 1.807) is 11.5 Å².